The van der Waals surface area contributed by atoms with Gasteiger partial charge < -0.3 is 10.3 Å². The minimum absolute atomic E-state index is 0.554. The molecule has 1 aromatic heterocycles. The first-order valence-corrected chi connectivity index (χ1v) is 9.56. The van der Waals surface area contributed by atoms with Crippen LogP contribution in [0.5, 0.6) is 0 Å². The summed E-state index contributed by atoms with van der Waals surface area (Å²) in [6, 6.07) is 13.7. The van der Waals surface area contributed by atoms with E-state index < -0.39 is 0 Å². The highest BCUT2D eigenvalue weighted by Gasteiger charge is 2.11. The van der Waals surface area contributed by atoms with Gasteiger partial charge in [0.05, 0.1) is 5.52 Å². The molecule has 0 amide bonds. The Hall–Kier alpha value is -2.06. The van der Waals surface area contributed by atoms with Crippen LogP contribution in [0.4, 0.5) is 0 Å². The van der Waals surface area contributed by atoms with E-state index in [1.807, 2.05) is 19.9 Å². The van der Waals surface area contributed by atoms with E-state index in [9.17, 15) is 0 Å². The van der Waals surface area contributed by atoms with Crippen molar-refractivity contribution in [3.63, 3.8) is 0 Å². The number of aromatic nitrogens is 1. The third-order valence-corrected chi connectivity index (χ3v) is 4.41. The van der Waals surface area contributed by atoms with E-state index in [-0.39, 0.29) is 0 Å². The molecule has 2 aromatic carbocycles. The van der Waals surface area contributed by atoms with E-state index in [1.54, 1.807) is 0 Å². The number of aromatic amines is 1. The first-order chi connectivity index (χ1) is 12.2. The van der Waals surface area contributed by atoms with Gasteiger partial charge in [-0.3, -0.25) is 0 Å². The van der Waals surface area contributed by atoms with Gasteiger partial charge in [0, 0.05) is 22.3 Å². The second kappa shape index (κ2) is 9.43. The summed E-state index contributed by atoms with van der Waals surface area (Å²) in [6.07, 6.45) is 5.19. The lowest BCUT2D eigenvalue weighted by Gasteiger charge is -2.11. The lowest BCUT2D eigenvalue weighted by Crippen LogP contribution is -2.24. The van der Waals surface area contributed by atoms with Crippen molar-refractivity contribution in [3.05, 3.63) is 60.2 Å². The summed E-state index contributed by atoms with van der Waals surface area (Å²) in [7, 11) is 0. The molecular formula is C23H32N2. The predicted octanol–water partition coefficient (Wildman–Crippen LogP) is 6.01. The van der Waals surface area contributed by atoms with Crippen molar-refractivity contribution in [1.82, 2.24) is 10.3 Å². The molecule has 0 saturated carbocycles. The van der Waals surface area contributed by atoms with Crippen molar-refractivity contribution in [2.75, 3.05) is 6.54 Å². The molecule has 1 heterocycles. The van der Waals surface area contributed by atoms with Gasteiger partial charge in [-0.2, -0.15) is 0 Å². The van der Waals surface area contributed by atoms with Crippen LogP contribution in [0.2, 0.25) is 0 Å². The van der Waals surface area contributed by atoms with Crippen LogP contribution in [0.1, 0.15) is 45.2 Å². The maximum Gasteiger partial charge on any atom is 0.0503 e. The van der Waals surface area contributed by atoms with Gasteiger partial charge in [0.15, 0.2) is 0 Å². The highest BCUT2D eigenvalue weighted by molar-refractivity contribution is 6.08. The van der Waals surface area contributed by atoms with Crippen molar-refractivity contribution >= 4 is 21.8 Å². The number of H-pyrrole nitrogens is 1. The summed E-state index contributed by atoms with van der Waals surface area (Å²) in [5.74, 6) is 0. The lowest BCUT2D eigenvalue weighted by molar-refractivity contribution is 0.570. The molecule has 0 aliphatic rings. The molecule has 0 unspecified atom stereocenters. The topological polar surface area (TPSA) is 27.8 Å². The second-order valence-corrected chi connectivity index (χ2v) is 6.50. The number of rotatable bonds is 7. The van der Waals surface area contributed by atoms with Gasteiger partial charge in [0.25, 0.3) is 0 Å². The Morgan fingerprint density at radius 2 is 1.84 bits per heavy atom. The molecule has 2 nitrogen and oxygen atoms in total. The molecule has 3 rings (SSSR count). The zero-order valence-corrected chi connectivity index (χ0v) is 16.2. The van der Waals surface area contributed by atoms with Gasteiger partial charge in [-0.15, -0.1) is 6.58 Å². The molecule has 0 saturated heterocycles. The van der Waals surface area contributed by atoms with Crippen LogP contribution in [0, 0.1) is 0 Å². The number of benzene rings is 2. The zero-order chi connectivity index (χ0) is 18.2. The molecule has 0 radical (unpaired) electrons. The quantitative estimate of drug-likeness (QED) is 0.401. The Bertz CT molecular complexity index is 811. The highest BCUT2D eigenvalue weighted by atomic mass is 14.9. The van der Waals surface area contributed by atoms with Crippen molar-refractivity contribution < 1.29 is 0 Å². The van der Waals surface area contributed by atoms with Crippen LogP contribution in [0.25, 0.3) is 21.8 Å². The van der Waals surface area contributed by atoms with Crippen LogP contribution in [-0.2, 0) is 12.8 Å². The molecule has 3 aromatic rings. The second-order valence-electron chi connectivity index (χ2n) is 6.50. The van der Waals surface area contributed by atoms with E-state index in [0.717, 1.165) is 25.8 Å². The molecule has 25 heavy (non-hydrogen) atoms. The SMILES string of the molecule is C=CCc1c(CCCNC(C)C)ccc2c1[nH]c1ccccc12.CC. The molecule has 0 aliphatic heterocycles. The Morgan fingerprint density at radius 3 is 2.56 bits per heavy atom. The van der Waals surface area contributed by atoms with E-state index in [2.05, 4.69) is 67.1 Å². The van der Waals surface area contributed by atoms with Gasteiger partial charge in [-0.1, -0.05) is 64.1 Å². The van der Waals surface area contributed by atoms with E-state index in [4.69, 9.17) is 0 Å². The van der Waals surface area contributed by atoms with E-state index in [0.29, 0.717) is 6.04 Å². The van der Waals surface area contributed by atoms with Crippen LogP contribution >= 0.6 is 0 Å². The lowest BCUT2D eigenvalue weighted by atomic mass is 9.97. The monoisotopic (exact) mass is 336 g/mol. The number of nitrogens with one attached hydrogen (secondary N) is 2. The van der Waals surface area contributed by atoms with Crippen molar-refractivity contribution in [3.8, 4) is 0 Å². The standard InChI is InChI=1S/C21H26N2.C2H6/c1-4-8-17-16(9-7-14-22-15(2)3)12-13-19-18-10-5-6-11-20(18)23-21(17)19;1-2/h4-6,10-13,15,22-23H,1,7-9,14H2,2-3H3;1-2H3. The predicted molar refractivity (Wildman–Crippen MR) is 113 cm³/mol. The Morgan fingerprint density at radius 1 is 1.08 bits per heavy atom. The molecule has 0 bridgehead atoms. The molecule has 0 spiro atoms. The smallest absolute Gasteiger partial charge is 0.0503 e. The average Bonchev–Trinajstić information content (AvgIpc) is 3.01. The first kappa shape index (κ1) is 19.3. The van der Waals surface area contributed by atoms with Crippen LogP contribution in [0.3, 0.4) is 0 Å². The number of hydrogen-bond acceptors (Lipinski definition) is 1. The third-order valence-electron chi connectivity index (χ3n) is 4.41. The number of fused-ring (bicyclic) bond motifs is 3. The summed E-state index contributed by atoms with van der Waals surface area (Å²) in [5, 5.41) is 6.13. The van der Waals surface area contributed by atoms with Gasteiger partial charge in [0.2, 0.25) is 0 Å². The minimum atomic E-state index is 0.554. The number of hydrogen-bond donors (Lipinski definition) is 2. The number of aryl methyl sites for hydroxylation is 1. The molecule has 0 atom stereocenters. The molecular weight excluding hydrogens is 304 g/mol. The van der Waals surface area contributed by atoms with E-state index >= 15 is 0 Å². The Balaban J connectivity index is 0.00000109. The number of para-hydroxylation sites is 1. The Kier molecular flexibility index (Phi) is 7.27. The first-order valence-electron chi connectivity index (χ1n) is 9.56. The summed E-state index contributed by atoms with van der Waals surface area (Å²) in [5.41, 5.74) is 5.33. The van der Waals surface area contributed by atoms with Crippen LogP contribution in [0.15, 0.2) is 49.1 Å². The Labute approximate surface area is 152 Å². The molecule has 0 fully saturated rings. The summed E-state index contributed by atoms with van der Waals surface area (Å²) >= 11 is 0. The summed E-state index contributed by atoms with van der Waals surface area (Å²) < 4.78 is 0. The fourth-order valence-electron chi connectivity index (χ4n) is 3.30. The fraction of sp³-hybridized carbons (Fsp3) is 0.391. The minimum Gasteiger partial charge on any atom is -0.354 e. The van der Waals surface area contributed by atoms with Crippen molar-refractivity contribution in [1.29, 1.82) is 0 Å². The fourth-order valence-corrected chi connectivity index (χ4v) is 3.30. The summed E-state index contributed by atoms with van der Waals surface area (Å²) in [4.78, 5) is 3.62. The maximum absolute atomic E-state index is 3.95. The molecule has 2 N–H and O–H groups in total. The average molecular weight is 337 g/mol. The van der Waals surface area contributed by atoms with Crippen LogP contribution < -0.4 is 5.32 Å². The van der Waals surface area contributed by atoms with Gasteiger partial charge in [-0.25, -0.2) is 0 Å². The molecule has 0 aliphatic carbocycles. The number of allylic oxidation sites excluding steroid dienone is 1. The van der Waals surface area contributed by atoms with Gasteiger partial charge in [0.1, 0.15) is 0 Å². The largest absolute Gasteiger partial charge is 0.354 e. The van der Waals surface area contributed by atoms with Gasteiger partial charge in [-0.05, 0) is 43.0 Å². The van der Waals surface area contributed by atoms with E-state index in [1.165, 1.54) is 32.9 Å². The normalized spacial score (nSPS) is 10.9. The van der Waals surface area contributed by atoms with Crippen LogP contribution in [-0.4, -0.2) is 17.6 Å². The van der Waals surface area contributed by atoms with Crippen molar-refractivity contribution in [2.24, 2.45) is 0 Å². The van der Waals surface area contributed by atoms with Gasteiger partial charge >= 0.3 is 0 Å². The third kappa shape index (κ3) is 4.52. The zero-order valence-electron chi connectivity index (χ0n) is 16.2. The molecule has 2 heteroatoms. The summed E-state index contributed by atoms with van der Waals surface area (Å²) in [6.45, 7) is 13.4. The highest BCUT2D eigenvalue weighted by Crippen LogP contribution is 2.30. The van der Waals surface area contributed by atoms with Crippen molar-refractivity contribution in [2.45, 2.75) is 53.0 Å². The molecule has 134 valence electrons. The maximum atomic E-state index is 3.95.